The number of pyridine rings is 1. The lowest BCUT2D eigenvalue weighted by Crippen LogP contribution is -2.37. The van der Waals surface area contributed by atoms with E-state index >= 15 is 0 Å². The summed E-state index contributed by atoms with van der Waals surface area (Å²) in [7, 11) is 1.36. The average Bonchev–Trinajstić information content (AvgIpc) is 2.28. The fourth-order valence-corrected chi connectivity index (χ4v) is 1.11. The second kappa shape index (κ2) is 5.01. The number of nitro groups is 1. The molecule has 0 saturated heterocycles. The van der Waals surface area contributed by atoms with Gasteiger partial charge in [-0.15, -0.1) is 0 Å². The normalized spacial score (nSPS) is 9.53. The third-order valence-electron chi connectivity index (χ3n) is 1.98. The van der Waals surface area contributed by atoms with Crippen LogP contribution in [-0.2, 0) is 0 Å². The van der Waals surface area contributed by atoms with E-state index in [1.165, 1.54) is 20.0 Å². The molecule has 17 heavy (non-hydrogen) atoms. The SMILES string of the molecule is CNC(=O)NC(=O)c1cnc([N+](=O)[O-])cc1C. The first-order valence-corrected chi connectivity index (χ1v) is 4.59. The van der Waals surface area contributed by atoms with Crippen LogP contribution in [-0.4, -0.2) is 28.9 Å². The Labute approximate surface area is 96.2 Å². The smallest absolute Gasteiger partial charge is 0.358 e. The van der Waals surface area contributed by atoms with Gasteiger partial charge in [0.15, 0.2) is 6.20 Å². The molecule has 90 valence electrons. The van der Waals surface area contributed by atoms with Gasteiger partial charge in [-0.05, 0) is 22.4 Å². The zero-order valence-electron chi connectivity index (χ0n) is 9.18. The van der Waals surface area contributed by atoms with Crippen molar-refractivity contribution in [3.8, 4) is 0 Å². The summed E-state index contributed by atoms with van der Waals surface area (Å²) in [6.45, 7) is 1.52. The summed E-state index contributed by atoms with van der Waals surface area (Å²) in [5.41, 5.74) is 0.479. The standard InChI is InChI=1S/C9H10N4O4/c1-5-3-7(13(16)17)11-4-6(5)8(14)12-9(15)10-2/h3-4H,1-2H3,(H2,10,12,14,15). The lowest BCUT2D eigenvalue weighted by Gasteiger charge is -2.04. The van der Waals surface area contributed by atoms with Gasteiger partial charge in [0.1, 0.15) is 0 Å². The number of aryl methyl sites for hydroxylation is 1. The van der Waals surface area contributed by atoms with Crippen molar-refractivity contribution in [1.29, 1.82) is 0 Å². The van der Waals surface area contributed by atoms with Gasteiger partial charge < -0.3 is 15.4 Å². The molecule has 0 radical (unpaired) electrons. The van der Waals surface area contributed by atoms with Crippen LogP contribution in [0.3, 0.4) is 0 Å². The highest BCUT2D eigenvalue weighted by atomic mass is 16.6. The van der Waals surface area contributed by atoms with Crippen LogP contribution in [0, 0.1) is 17.0 Å². The van der Waals surface area contributed by atoms with Crippen LogP contribution in [0.4, 0.5) is 10.6 Å². The van der Waals surface area contributed by atoms with Gasteiger partial charge >= 0.3 is 11.8 Å². The summed E-state index contributed by atoms with van der Waals surface area (Å²) in [6, 6.07) is 0.506. The Bertz CT molecular complexity index is 486. The van der Waals surface area contributed by atoms with Gasteiger partial charge in [-0.3, -0.25) is 10.1 Å². The zero-order valence-corrected chi connectivity index (χ0v) is 9.18. The molecule has 0 aromatic carbocycles. The number of aromatic nitrogens is 1. The van der Waals surface area contributed by atoms with Crippen molar-refractivity contribution in [2.75, 3.05) is 7.05 Å². The number of carbonyl (C=O) groups excluding carboxylic acids is 2. The van der Waals surface area contributed by atoms with E-state index in [0.717, 1.165) is 6.20 Å². The third kappa shape index (κ3) is 2.97. The van der Waals surface area contributed by atoms with Gasteiger partial charge in [0.2, 0.25) is 0 Å². The molecule has 0 bridgehead atoms. The Hall–Kier alpha value is -2.51. The molecule has 8 heteroatoms. The number of rotatable bonds is 2. The molecule has 1 aromatic rings. The van der Waals surface area contributed by atoms with E-state index in [4.69, 9.17) is 0 Å². The first-order chi connectivity index (χ1) is 7.95. The zero-order chi connectivity index (χ0) is 13.0. The Kier molecular flexibility index (Phi) is 3.70. The highest BCUT2D eigenvalue weighted by Crippen LogP contribution is 2.13. The van der Waals surface area contributed by atoms with E-state index in [1.807, 2.05) is 5.32 Å². The molecule has 3 amide bonds. The minimum atomic E-state index is -0.663. The van der Waals surface area contributed by atoms with Gasteiger partial charge in [-0.2, -0.15) is 0 Å². The molecule has 0 atom stereocenters. The average molecular weight is 238 g/mol. The van der Waals surface area contributed by atoms with Crippen molar-refractivity contribution in [2.24, 2.45) is 0 Å². The molecule has 8 nitrogen and oxygen atoms in total. The van der Waals surface area contributed by atoms with Crippen molar-refractivity contribution in [2.45, 2.75) is 6.92 Å². The summed E-state index contributed by atoms with van der Waals surface area (Å²) in [6.07, 6.45) is 1.06. The van der Waals surface area contributed by atoms with Crippen molar-refractivity contribution in [1.82, 2.24) is 15.6 Å². The Morgan fingerprint density at radius 1 is 1.47 bits per heavy atom. The predicted octanol–water partition coefficient (Wildman–Crippen LogP) is 0.367. The molecule has 0 aliphatic heterocycles. The minimum absolute atomic E-state index is 0.110. The maximum absolute atomic E-state index is 11.5. The highest BCUT2D eigenvalue weighted by Gasteiger charge is 2.17. The van der Waals surface area contributed by atoms with E-state index in [1.54, 1.807) is 0 Å². The lowest BCUT2D eigenvalue weighted by atomic mass is 10.1. The molecule has 0 spiro atoms. The fraction of sp³-hybridized carbons (Fsp3) is 0.222. The topological polar surface area (TPSA) is 114 Å². The van der Waals surface area contributed by atoms with Gasteiger partial charge in [0.25, 0.3) is 5.91 Å². The molecule has 0 aliphatic rings. The highest BCUT2D eigenvalue weighted by molar-refractivity contribution is 6.04. The first kappa shape index (κ1) is 12.6. The second-order valence-electron chi connectivity index (χ2n) is 3.15. The lowest BCUT2D eigenvalue weighted by molar-refractivity contribution is -0.389. The van der Waals surface area contributed by atoms with Crippen molar-refractivity contribution >= 4 is 17.8 Å². The summed E-state index contributed by atoms with van der Waals surface area (Å²) < 4.78 is 0. The summed E-state index contributed by atoms with van der Waals surface area (Å²) in [5, 5.41) is 14.7. The minimum Gasteiger partial charge on any atom is -0.358 e. The van der Waals surface area contributed by atoms with Crippen LogP contribution in [0.1, 0.15) is 15.9 Å². The van der Waals surface area contributed by atoms with E-state index in [9.17, 15) is 19.7 Å². The van der Waals surface area contributed by atoms with E-state index < -0.39 is 16.9 Å². The Balaban J connectivity index is 2.96. The van der Waals surface area contributed by atoms with Crippen molar-refractivity contribution in [3.63, 3.8) is 0 Å². The second-order valence-corrected chi connectivity index (χ2v) is 3.15. The molecule has 1 rings (SSSR count). The molecule has 0 saturated carbocycles. The summed E-state index contributed by atoms with van der Waals surface area (Å²) in [5.74, 6) is -1.01. The number of hydrogen-bond donors (Lipinski definition) is 2. The largest absolute Gasteiger partial charge is 0.363 e. The number of carbonyl (C=O) groups is 2. The molecule has 0 fully saturated rings. The number of amides is 3. The van der Waals surface area contributed by atoms with Gasteiger partial charge in [0.05, 0.1) is 5.56 Å². The molecular weight excluding hydrogens is 228 g/mol. The van der Waals surface area contributed by atoms with Crippen molar-refractivity contribution in [3.05, 3.63) is 33.5 Å². The van der Waals surface area contributed by atoms with Crippen molar-refractivity contribution < 1.29 is 14.5 Å². The number of nitrogens with one attached hydrogen (secondary N) is 2. The quantitative estimate of drug-likeness (QED) is 0.570. The van der Waals surface area contributed by atoms with E-state index in [-0.39, 0.29) is 11.4 Å². The van der Waals surface area contributed by atoms with E-state index in [0.29, 0.717) is 5.56 Å². The molecule has 0 unspecified atom stereocenters. The van der Waals surface area contributed by atoms with Gasteiger partial charge in [-0.25, -0.2) is 4.79 Å². The van der Waals surface area contributed by atoms with Gasteiger partial charge in [0, 0.05) is 13.1 Å². The molecule has 0 aliphatic carbocycles. The molecule has 2 N–H and O–H groups in total. The van der Waals surface area contributed by atoms with Crippen LogP contribution < -0.4 is 10.6 Å². The summed E-state index contributed by atoms with van der Waals surface area (Å²) in [4.78, 5) is 35.7. The number of hydrogen-bond acceptors (Lipinski definition) is 5. The summed E-state index contributed by atoms with van der Waals surface area (Å²) >= 11 is 0. The van der Waals surface area contributed by atoms with Crippen LogP contribution in [0.5, 0.6) is 0 Å². The fourth-order valence-electron chi connectivity index (χ4n) is 1.11. The first-order valence-electron chi connectivity index (χ1n) is 4.59. The van der Waals surface area contributed by atoms with Gasteiger partial charge in [-0.1, -0.05) is 0 Å². The maximum atomic E-state index is 11.5. The monoisotopic (exact) mass is 238 g/mol. The van der Waals surface area contributed by atoms with Crippen LogP contribution >= 0.6 is 0 Å². The predicted molar refractivity (Wildman–Crippen MR) is 57.6 cm³/mol. The van der Waals surface area contributed by atoms with Crippen LogP contribution in [0.25, 0.3) is 0 Å². The Morgan fingerprint density at radius 3 is 2.59 bits per heavy atom. The Morgan fingerprint density at radius 2 is 2.12 bits per heavy atom. The number of imide groups is 1. The molecule has 1 heterocycles. The number of nitrogens with zero attached hydrogens (tertiary/aromatic N) is 2. The number of urea groups is 1. The molecule has 1 aromatic heterocycles. The maximum Gasteiger partial charge on any atom is 0.363 e. The van der Waals surface area contributed by atoms with Crippen LogP contribution in [0.15, 0.2) is 12.3 Å². The van der Waals surface area contributed by atoms with Crippen LogP contribution in [0.2, 0.25) is 0 Å². The third-order valence-corrected chi connectivity index (χ3v) is 1.98. The molecular formula is C9H10N4O4. The van der Waals surface area contributed by atoms with E-state index in [2.05, 4.69) is 10.3 Å².